The minimum absolute atomic E-state index is 0.154. The number of benzene rings is 1. The van der Waals surface area contributed by atoms with Crippen LogP contribution >= 0.6 is 0 Å². The van der Waals surface area contributed by atoms with Gasteiger partial charge in [0.2, 0.25) is 0 Å². The van der Waals surface area contributed by atoms with Gasteiger partial charge in [0.05, 0.1) is 0 Å². The molecule has 1 heterocycles. The quantitative estimate of drug-likeness (QED) is 0.890. The third-order valence-corrected chi connectivity index (χ3v) is 4.26. The van der Waals surface area contributed by atoms with Gasteiger partial charge >= 0.3 is 6.18 Å². The van der Waals surface area contributed by atoms with Gasteiger partial charge in [-0.2, -0.15) is 13.2 Å². The molecule has 0 radical (unpaired) electrons. The molecule has 0 aromatic heterocycles. The Morgan fingerprint density at radius 1 is 1.30 bits per heavy atom. The van der Waals surface area contributed by atoms with Gasteiger partial charge in [0.1, 0.15) is 0 Å². The van der Waals surface area contributed by atoms with E-state index in [4.69, 9.17) is 0 Å². The Morgan fingerprint density at radius 3 is 2.35 bits per heavy atom. The van der Waals surface area contributed by atoms with E-state index < -0.39 is 18.2 Å². The van der Waals surface area contributed by atoms with Crippen LogP contribution in [0.1, 0.15) is 28.8 Å². The molecule has 1 aromatic rings. The normalized spacial score (nSPS) is 18.7. The summed E-state index contributed by atoms with van der Waals surface area (Å²) < 4.78 is 37.5. The molecule has 1 saturated heterocycles. The molecule has 4 nitrogen and oxygen atoms in total. The molecule has 1 aromatic carbocycles. The smallest absolute Gasteiger partial charge is 0.383 e. The number of alkyl halides is 3. The van der Waals surface area contributed by atoms with E-state index in [0.717, 1.165) is 5.56 Å². The van der Waals surface area contributed by atoms with Gasteiger partial charge in [0, 0.05) is 19.2 Å². The minimum atomic E-state index is -4.54. The van der Waals surface area contributed by atoms with Crippen LogP contribution in [0.2, 0.25) is 0 Å². The van der Waals surface area contributed by atoms with Crippen LogP contribution in [0, 0.1) is 5.92 Å². The Bertz CT molecular complexity index is 523. The highest BCUT2D eigenvalue weighted by atomic mass is 19.4. The van der Waals surface area contributed by atoms with Gasteiger partial charge in [-0.25, -0.2) is 0 Å². The molecule has 0 spiro atoms. The van der Waals surface area contributed by atoms with Crippen molar-refractivity contribution in [2.75, 3.05) is 20.1 Å². The van der Waals surface area contributed by atoms with Gasteiger partial charge in [-0.1, -0.05) is 12.1 Å². The predicted octanol–water partition coefficient (Wildman–Crippen LogP) is 2.18. The Kier molecular flexibility index (Phi) is 5.64. The lowest BCUT2D eigenvalue weighted by Gasteiger charge is -2.34. The molecule has 1 fully saturated rings. The number of nitrogens with zero attached hydrogens (tertiary/aromatic N) is 1. The fourth-order valence-electron chi connectivity index (χ4n) is 2.86. The number of hydrogen-bond donors (Lipinski definition) is 2. The number of hydrogen-bond acceptors (Lipinski definition) is 3. The fourth-order valence-corrected chi connectivity index (χ4v) is 2.86. The number of nitrogens with one attached hydrogen (secondary N) is 1. The van der Waals surface area contributed by atoms with E-state index in [9.17, 15) is 23.1 Å². The Labute approximate surface area is 133 Å². The predicted molar refractivity (Wildman–Crippen MR) is 79.9 cm³/mol. The van der Waals surface area contributed by atoms with Crippen LogP contribution < -0.4 is 5.32 Å². The van der Waals surface area contributed by atoms with Crippen LogP contribution in [0.3, 0.4) is 0 Å². The van der Waals surface area contributed by atoms with Crippen molar-refractivity contribution in [1.29, 1.82) is 0 Å². The van der Waals surface area contributed by atoms with Crippen molar-refractivity contribution in [3.63, 3.8) is 0 Å². The second-order valence-corrected chi connectivity index (χ2v) is 5.88. The minimum Gasteiger partial charge on any atom is -0.383 e. The van der Waals surface area contributed by atoms with Crippen molar-refractivity contribution >= 4 is 5.91 Å². The first kappa shape index (κ1) is 17.7. The number of piperidine rings is 1. The maximum atomic E-state index is 12.5. The maximum absolute atomic E-state index is 12.5. The lowest BCUT2D eigenvalue weighted by molar-refractivity contribution is -0.223. The first-order valence-electron chi connectivity index (χ1n) is 7.59. The highest BCUT2D eigenvalue weighted by molar-refractivity contribution is 5.93. The molecular weight excluding hydrogens is 309 g/mol. The van der Waals surface area contributed by atoms with Crippen LogP contribution in [0.15, 0.2) is 24.3 Å². The van der Waals surface area contributed by atoms with Crippen molar-refractivity contribution < 1.29 is 23.1 Å². The molecule has 128 valence electrons. The largest absolute Gasteiger partial charge is 0.414 e. The van der Waals surface area contributed by atoms with E-state index in [1.165, 1.54) is 0 Å². The molecule has 2 N–H and O–H groups in total. The number of likely N-dealkylation sites (tertiary alicyclic amines) is 1. The second kappa shape index (κ2) is 7.31. The first-order valence-corrected chi connectivity index (χ1v) is 7.59. The topological polar surface area (TPSA) is 52.6 Å². The third-order valence-electron chi connectivity index (χ3n) is 4.26. The molecule has 1 aliphatic heterocycles. The summed E-state index contributed by atoms with van der Waals surface area (Å²) in [5, 5.41) is 11.9. The zero-order valence-electron chi connectivity index (χ0n) is 12.9. The monoisotopic (exact) mass is 330 g/mol. The molecule has 23 heavy (non-hydrogen) atoms. The number of halogens is 3. The highest BCUT2D eigenvalue weighted by Crippen LogP contribution is 2.31. The number of rotatable bonds is 4. The van der Waals surface area contributed by atoms with Gasteiger partial charge in [0.25, 0.3) is 5.91 Å². The molecule has 1 amide bonds. The number of carbonyl (C=O) groups excluding carboxylic acids is 1. The van der Waals surface area contributed by atoms with Crippen LogP contribution in [0.25, 0.3) is 0 Å². The summed E-state index contributed by atoms with van der Waals surface area (Å²) in [6.07, 6.45) is -6.10. The standard InChI is InChI=1S/C16H21F3N2O2/c1-20-15(23)13-4-2-11(3-5-13)10-21-8-6-12(7-9-21)14(22)16(17,18)19/h2-5,12,14,22H,6-10H2,1H3,(H,20,23). The molecule has 0 aliphatic carbocycles. The second-order valence-electron chi connectivity index (χ2n) is 5.88. The van der Waals surface area contributed by atoms with E-state index >= 15 is 0 Å². The SMILES string of the molecule is CNC(=O)c1ccc(CN2CCC(C(O)C(F)(F)F)CC2)cc1. The first-order chi connectivity index (χ1) is 10.8. The lowest BCUT2D eigenvalue weighted by atomic mass is 9.90. The average Bonchev–Trinajstić information content (AvgIpc) is 2.54. The van der Waals surface area contributed by atoms with Crippen molar-refractivity contribution in [1.82, 2.24) is 10.2 Å². The van der Waals surface area contributed by atoms with Crippen molar-refractivity contribution in [2.24, 2.45) is 5.92 Å². The summed E-state index contributed by atoms with van der Waals surface area (Å²) in [4.78, 5) is 13.5. The van der Waals surface area contributed by atoms with E-state index in [0.29, 0.717) is 38.0 Å². The van der Waals surface area contributed by atoms with E-state index in [-0.39, 0.29) is 5.91 Å². The number of aliphatic hydroxyl groups is 1. The van der Waals surface area contributed by atoms with Gasteiger partial charge in [0.15, 0.2) is 6.10 Å². The summed E-state index contributed by atoms with van der Waals surface area (Å²) in [7, 11) is 1.57. The van der Waals surface area contributed by atoms with Gasteiger partial charge in [-0.15, -0.1) is 0 Å². The van der Waals surface area contributed by atoms with Crippen LogP contribution in [0.4, 0.5) is 13.2 Å². The zero-order valence-corrected chi connectivity index (χ0v) is 12.9. The van der Waals surface area contributed by atoms with Gasteiger partial charge < -0.3 is 10.4 Å². The fraction of sp³-hybridized carbons (Fsp3) is 0.562. The highest BCUT2D eigenvalue weighted by Gasteiger charge is 2.44. The zero-order chi connectivity index (χ0) is 17.0. The van der Waals surface area contributed by atoms with E-state index in [2.05, 4.69) is 10.2 Å². The molecule has 2 rings (SSSR count). The van der Waals surface area contributed by atoms with Crippen LogP contribution in [0.5, 0.6) is 0 Å². The third kappa shape index (κ3) is 4.68. The molecular formula is C16H21F3N2O2. The number of aliphatic hydroxyl groups excluding tert-OH is 1. The molecule has 1 atom stereocenters. The maximum Gasteiger partial charge on any atom is 0.414 e. The molecule has 0 bridgehead atoms. The molecule has 1 aliphatic rings. The Hall–Kier alpha value is -1.60. The van der Waals surface area contributed by atoms with Gasteiger partial charge in [-0.3, -0.25) is 9.69 Å². The Morgan fingerprint density at radius 2 is 1.87 bits per heavy atom. The Balaban J connectivity index is 1.86. The summed E-state index contributed by atoms with van der Waals surface area (Å²) in [5.74, 6) is -0.875. The lowest BCUT2D eigenvalue weighted by Crippen LogP contribution is -2.43. The number of amides is 1. The van der Waals surface area contributed by atoms with Crippen LogP contribution in [-0.2, 0) is 6.54 Å². The summed E-state index contributed by atoms with van der Waals surface area (Å²) in [6.45, 7) is 1.67. The van der Waals surface area contributed by atoms with Crippen LogP contribution in [-0.4, -0.2) is 48.3 Å². The number of carbonyl (C=O) groups is 1. The van der Waals surface area contributed by atoms with E-state index in [1.807, 2.05) is 12.1 Å². The molecule has 7 heteroatoms. The summed E-state index contributed by atoms with van der Waals surface area (Å²) in [6, 6.07) is 7.16. The van der Waals surface area contributed by atoms with Crippen molar-refractivity contribution in [2.45, 2.75) is 31.7 Å². The molecule has 0 saturated carbocycles. The summed E-state index contributed by atoms with van der Waals surface area (Å²) in [5.41, 5.74) is 1.58. The average molecular weight is 330 g/mol. The van der Waals surface area contributed by atoms with E-state index in [1.54, 1.807) is 19.2 Å². The van der Waals surface area contributed by atoms with Gasteiger partial charge in [-0.05, 0) is 49.5 Å². The van der Waals surface area contributed by atoms with Crippen molar-refractivity contribution in [3.8, 4) is 0 Å². The van der Waals surface area contributed by atoms with Crippen molar-refractivity contribution in [3.05, 3.63) is 35.4 Å². The summed E-state index contributed by atoms with van der Waals surface area (Å²) >= 11 is 0. The molecule has 1 unspecified atom stereocenters.